The molecule has 1 atom stereocenters. The minimum atomic E-state index is -4.78. The second kappa shape index (κ2) is 7.20. The van der Waals surface area contributed by atoms with E-state index in [1.165, 1.54) is 6.92 Å². The van der Waals surface area contributed by atoms with Crippen LogP contribution < -0.4 is 5.32 Å². The Morgan fingerprint density at radius 3 is 2.24 bits per heavy atom. The molecule has 0 aromatic heterocycles. The number of carbonyl (C=O) groups excluding carboxylic acids is 1. The largest absolute Gasteiger partial charge is 0.508 e. The summed E-state index contributed by atoms with van der Waals surface area (Å²) in [7, 11) is 0. The monoisotopic (exact) mass is 363 g/mol. The number of amides is 1. The minimum Gasteiger partial charge on any atom is -0.508 e. The number of hydrogen-bond donors (Lipinski definition) is 3. The number of nitrogens with one attached hydrogen (secondary N) is 1. The molecule has 1 aromatic carbocycles. The third-order valence-electron chi connectivity index (χ3n) is 3.16. The molecule has 0 fully saturated rings. The Hall–Kier alpha value is -2.45. The van der Waals surface area contributed by atoms with Crippen LogP contribution in [0, 0.1) is 6.92 Å². The molecule has 0 unspecified atom stereocenters. The van der Waals surface area contributed by atoms with E-state index in [0.29, 0.717) is 6.07 Å². The molecule has 25 heavy (non-hydrogen) atoms. The highest BCUT2D eigenvalue weighted by Crippen LogP contribution is 2.36. The van der Waals surface area contributed by atoms with E-state index >= 15 is 0 Å². The molecule has 140 valence electrons. The molecular formula is C16H20F3NO5. The van der Waals surface area contributed by atoms with E-state index in [2.05, 4.69) is 5.32 Å². The summed E-state index contributed by atoms with van der Waals surface area (Å²) in [4.78, 5) is 23.1. The second-order valence-electron chi connectivity index (χ2n) is 6.53. The zero-order chi connectivity index (χ0) is 19.6. The van der Waals surface area contributed by atoms with Crippen molar-refractivity contribution in [2.24, 2.45) is 0 Å². The second-order valence-corrected chi connectivity index (χ2v) is 6.53. The van der Waals surface area contributed by atoms with Gasteiger partial charge in [-0.05, 0) is 51.0 Å². The van der Waals surface area contributed by atoms with E-state index in [-0.39, 0.29) is 11.1 Å². The van der Waals surface area contributed by atoms with Crippen LogP contribution in [-0.2, 0) is 22.1 Å². The predicted molar refractivity (Wildman–Crippen MR) is 82.3 cm³/mol. The van der Waals surface area contributed by atoms with Gasteiger partial charge in [-0.25, -0.2) is 9.59 Å². The molecule has 0 saturated heterocycles. The summed E-state index contributed by atoms with van der Waals surface area (Å²) in [6, 6.07) is -0.00900. The Labute approximate surface area is 142 Å². The van der Waals surface area contributed by atoms with Crippen LogP contribution in [0.5, 0.6) is 5.75 Å². The summed E-state index contributed by atoms with van der Waals surface area (Å²) in [5, 5.41) is 20.7. The van der Waals surface area contributed by atoms with Gasteiger partial charge in [0.2, 0.25) is 0 Å². The van der Waals surface area contributed by atoms with Crippen molar-refractivity contribution in [1.29, 1.82) is 0 Å². The van der Waals surface area contributed by atoms with Gasteiger partial charge in [0.15, 0.2) is 0 Å². The first-order valence-electron chi connectivity index (χ1n) is 7.32. The zero-order valence-corrected chi connectivity index (χ0v) is 14.2. The first kappa shape index (κ1) is 20.6. The maximum atomic E-state index is 13.2. The molecule has 1 amide bonds. The summed E-state index contributed by atoms with van der Waals surface area (Å²) in [6.07, 6.45) is -6.45. The van der Waals surface area contributed by atoms with Gasteiger partial charge in [-0.15, -0.1) is 0 Å². The number of benzene rings is 1. The smallest absolute Gasteiger partial charge is 0.416 e. The molecule has 1 aromatic rings. The van der Waals surface area contributed by atoms with Crippen molar-refractivity contribution >= 4 is 12.1 Å². The number of phenols is 1. The van der Waals surface area contributed by atoms with Crippen molar-refractivity contribution in [3.63, 3.8) is 0 Å². The number of aliphatic carboxylic acids is 1. The summed E-state index contributed by atoms with van der Waals surface area (Å²) in [5.41, 5.74) is -2.31. The highest BCUT2D eigenvalue weighted by molar-refractivity contribution is 5.80. The molecule has 0 bridgehead atoms. The minimum absolute atomic E-state index is 0.0598. The Morgan fingerprint density at radius 1 is 1.24 bits per heavy atom. The van der Waals surface area contributed by atoms with Crippen molar-refractivity contribution in [2.75, 3.05) is 0 Å². The lowest BCUT2D eigenvalue weighted by atomic mass is 9.94. The molecule has 1 rings (SSSR count). The fourth-order valence-corrected chi connectivity index (χ4v) is 2.18. The Kier molecular flexibility index (Phi) is 5.93. The van der Waals surface area contributed by atoms with Crippen LogP contribution >= 0.6 is 0 Å². The fourth-order valence-electron chi connectivity index (χ4n) is 2.18. The topological polar surface area (TPSA) is 95.9 Å². The predicted octanol–water partition coefficient (Wildman–Crippen LogP) is 3.24. The molecular weight excluding hydrogens is 343 g/mol. The van der Waals surface area contributed by atoms with Crippen LogP contribution in [-0.4, -0.2) is 33.9 Å². The van der Waals surface area contributed by atoms with Gasteiger partial charge < -0.3 is 20.3 Å². The van der Waals surface area contributed by atoms with Crippen LogP contribution in [0.1, 0.15) is 37.5 Å². The van der Waals surface area contributed by atoms with Gasteiger partial charge in [0, 0.05) is 6.42 Å². The van der Waals surface area contributed by atoms with Crippen LogP contribution in [0.3, 0.4) is 0 Å². The molecule has 0 heterocycles. The lowest BCUT2D eigenvalue weighted by molar-refractivity contribution is -0.141. The average molecular weight is 363 g/mol. The van der Waals surface area contributed by atoms with Gasteiger partial charge in [-0.1, -0.05) is 0 Å². The number of carboxylic acid groups (broad SMARTS) is 1. The molecule has 0 saturated carbocycles. The van der Waals surface area contributed by atoms with Crippen molar-refractivity contribution in [3.05, 3.63) is 28.8 Å². The highest BCUT2D eigenvalue weighted by atomic mass is 19.4. The van der Waals surface area contributed by atoms with Crippen molar-refractivity contribution in [2.45, 2.75) is 51.9 Å². The molecule has 3 N–H and O–H groups in total. The summed E-state index contributed by atoms with van der Waals surface area (Å²) >= 11 is 0. The van der Waals surface area contributed by atoms with Gasteiger partial charge in [0.1, 0.15) is 17.4 Å². The van der Waals surface area contributed by atoms with Gasteiger partial charge in [0.25, 0.3) is 0 Å². The SMILES string of the molecule is Cc1cc(O)cc(C(F)(F)F)c1C[C@H](NC(=O)OC(C)(C)C)C(=O)O. The maximum absolute atomic E-state index is 13.2. The van der Waals surface area contributed by atoms with E-state index in [1.54, 1.807) is 20.8 Å². The van der Waals surface area contributed by atoms with Gasteiger partial charge >= 0.3 is 18.2 Å². The molecule has 0 aliphatic carbocycles. The van der Waals surface area contributed by atoms with E-state index in [4.69, 9.17) is 4.74 Å². The van der Waals surface area contributed by atoms with Gasteiger partial charge in [0.05, 0.1) is 5.56 Å². The molecule has 0 spiro atoms. The normalized spacial score (nSPS) is 13.2. The first-order chi connectivity index (χ1) is 11.2. The number of alkyl halides is 3. The summed E-state index contributed by atoms with van der Waals surface area (Å²) in [6.45, 7) is 6.01. The van der Waals surface area contributed by atoms with E-state index < -0.39 is 47.6 Å². The van der Waals surface area contributed by atoms with Gasteiger partial charge in [-0.2, -0.15) is 13.2 Å². The highest BCUT2D eigenvalue weighted by Gasteiger charge is 2.36. The number of alkyl carbamates (subject to hydrolysis) is 1. The lowest BCUT2D eigenvalue weighted by Gasteiger charge is -2.23. The number of aromatic hydroxyl groups is 1. The number of rotatable bonds is 4. The number of carboxylic acids is 1. The van der Waals surface area contributed by atoms with E-state index in [9.17, 15) is 33.0 Å². The Balaban J connectivity index is 3.15. The van der Waals surface area contributed by atoms with Gasteiger partial charge in [-0.3, -0.25) is 0 Å². The number of phenolic OH excluding ortho intramolecular Hbond substituents is 1. The third-order valence-corrected chi connectivity index (χ3v) is 3.16. The Bertz CT molecular complexity index is 665. The summed E-state index contributed by atoms with van der Waals surface area (Å²) < 4.78 is 44.5. The molecule has 6 nitrogen and oxygen atoms in total. The first-order valence-corrected chi connectivity index (χ1v) is 7.32. The maximum Gasteiger partial charge on any atom is 0.416 e. The number of ether oxygens (including phenoxy) is 1. The lowest BCUT2D eigenvalue weighted by Crippen LogP contribution is -2.45. The quantitative estimate of drug-likeness (QED) is 0.763. The van der Waals surface area contributed by atoms with Crippen LogP contribution in [0.4, 0.5) is 18.0 Å². The number of hydrogen-bond acceptors (Lipinski definition) is 4. The van der Waals surface area contributed by atoms with E-state index in [0.717, 1.165) is 6.07 Å². The number of carbonyl (C=O) groups is 2. The molecule has 0 radical (unpaired) electrons. The average Bonchev–Trinajstić information content (AvgIpc) is 2.36. The third kappa shape index (κ3) is 6.17. The standard InChI is InChI=1S/C16H20F3NO5/c1-8-5-9(21)6-11(16(17,18)19)10(8)7-12(13(22)23)20-14(24)25-15(2,3)4/h5-6,12,21H,7H2,1-4H3,(H,20,24)(H,22,23)/t12-/m0/s1. The molecule has 9 heteroatoms. The van der Waals surface area contributed by atoms with Crippen LogP contribution in [0.25, 0.3) is 0 Å². The van der Waals surface area contributed by atoms with Crippen molar-refractivity contribution < 1.29 is 37.7 Å². The number of halogens is 3. The van der Waals surface area contributed by atoms with Crippen LogP contribution in [0.2, 0.25) is 0 Å². The fraction of sp³-hybridized carbons (Fsp3) is 0.500. The molecule has 0 aliphatic heterocycles. The van der Waals surface area contributed by atoms with Crippen molar-refractivity contribution in [1.82, 2.24) is 5.32 Å². The van der Waals surface area contributed by atoms with E-state index in [1.807, 2.05) is 0 Å². The van der Waals surface area contributed by atoms with Crippen LogP contribution in [0.15, 0.2) is 12.1 Å². The van der Waals surface area contributed by atoms with Crippen molar-refractivity contribution in [3.8, 4) is 5.75 Å². The molecule has 0 aliphatic rings. The Morgan fingerprint density at radius 2 is 1.80 bits per heavy atom. The number of aryl methyl sites for hydroxylation is 1. The zero-order valence-electron chi connectivity index (χ0n) is 14.2. The summed E-state index contributed by atoms with van der Waals surface area (Å²) in [5.74, 6) is -2.09.